The predicted octanol–water partition coefficient (Wildman–Crippen LogP) is 0.578. The maximum atomic E-state index is 11.6. The summed E-state index contributed by atoms with van der Waals surface area (Å²) in [7, 11) is 1.42. The molecule has 1 saturated carbocycles. The van der Waals surface area contributed by atoms with Gasteiger partial charge in [0.05, 0.1) is 7.11 Å². The first kappa shape index (κ1) is 12.6. The molecule has 1 heterocycles. The summed E-state index contributed by atoms with van der Waals surface area (Å²) in [6, 6.07) is 0.999. The van der Waals surface area contributed by atoms with Gasteiger partial charge < -0.3 is 20.1 Å². The highest BCUT2D eigenvalue weighted by atomic mass is 16.5. The molecule has 2 N–H and O–H groups in total. The Morgan fingerprint density at radius 1 is 1.41 bits per heavy atom. The molecule has 1 amide bonds. The van der Waals surface area contributed by atoms with Crippen LogP contribution in [0.1, 0.15) is 25.7 Å². The molecule has 0 aromatic carbocycles. The van der Waals surface area contributed by atoms with Crippen LogP contribution in [0.4, 0.5) is 4.79 Å². The van der Waals surface area contributed by atoms with Crippen LogP contribution in [0.3, 0.4) is 0 Å². The summed E-state index contributed by atoms with van der Waals surface area (Å²) in [6.45, 7) is 1.62. The summed E-state index contributed by atoms with van der Waals surface area (Å²) in [6.07, 6.45) is 4.05. The predicted molar refractivity (Wildman–Crippen MR) is 63.7 cm³/mol. The van der Waals surface area contributed by atoms with E-state index in [1.807, 2.05) is 0 Å². The molecule has 2 aliphatic rings. The lowest BCUT2D eigenvalue weighted by molar-refractivity contribution is 0.0840. The second-order valence-electron chi connectivity index (χ2n) is 5.13. The minimum atomic E-state index is -0.254. The third-order valence-electron chi connectivity index (χ3n) is 3.56. The van der Waals surface area contributed by atoms with Crippen LogP contribution in [0.2, 0.25) is 0 Å². The third kappa shape index (κ3) is 3.57. The van der Waals surface area contributed by atoms with Gasteiger partial charge in [-0.15, -0.1) is 0 Å². The van der Waals surface area contributed by atoms with E-state index in [2.05, 4.69) is 5.32 Å². The van der Waals surface area contributed by atoms with Crippen molar-refractivity contribution in [2.24, 2.45) is 5.92 Å². The van der Waals surface area contributed by atoms with Crippen LogP contribution in [0.5, 0.6) is 0 Å². The van der Waals surface area contributed by atoms with Crippen molar-refractivity contribution in [2.75, 3.05) is 26.8 Å². The smallest absolute Gasteiger partial charge is 0.409 e. The van der Waals surface area contributed by atoms with Crippen LogP contribution in [-0.4, -0.2) is 55.0 Å². The molecule has 5 heteroatoms. The zero-order valence-electron chi connectivity index (χ0n) is 10.4. The number of hydrogen-bond donors (Lipinski definition) is 2. The van der Waals surface area contributed by atoms with Gasteiger partial charge >= 0.3 is 6.09 Å². The topological polar surface area (TPSA) is 61.8 Å². The van der Waals surface area contributed by atoms with E-state index in [1.165, 1.54) is 20.0 Å². The molecule has 2 fully saturated rings. The molecule has 1 aliphatic heterocycles. The maximum Gasteiger partial charge on any atom is 0.409 e. The van der Waals surface area contributed by atoms with E-state index in [0.717, 1.165) is 19.4 Å². The number of likely N-dealkylation sites (tertiary alicyclic amines) is 1. The summed E-state index contributed by atoms with van der Waals surface area (Å²) in [4.78, 5) is 13.3. The van der Waals surface area contributed by atoms with Crippen molar-refractivity contribution in [3.63, 3.8) is 0 Å². The average Bonchev–Trinajstić information content (AvgIpc) is 3.12. The van der Waals surface area contributed by atoms with E-state index < -0.39 is 0 Å². The lowest BCUT2D eigenvalue weighted by Crippen LogP contribution is -2.51. The molecule has 17 heavy (non-hydrogen) atoms. The van der Waals surface area contributed by atoms with E-state index in [4.69, 9.17) is 9.84 Å². The summed E-state index contributed by atoms with van der Waals surface area (Å²) in [5, 5.41) is 12.6. The normalized spacial score (nSPS) is 29.2. The number of carbonyl (C=O) groups excluding carboxylic acids is 1. The molecule has 0 aromatic heterocycles. The molecule has 5 nitrogen and oxygen atoms in total. The lowest BCUT2D eigenvalue weighted by Gasteiger charge is -2.37. The van der Waals surface area contributed by atoms with Gasteiger partial charge in [0.2, 0.25) is 0 Å². The molecule has 0 bridgehead atoms. The number of methoxy groups -OCH3 is 1. The van der Waals surface area contributed by atoms with E-state index in [1.54, 1.807) is 4.90 Å². The third-order valence-corrected chi connectivity index (χ3v) is 3.56. The van der Waals surface area contributed by atoms with Crippen LogP contribution < -0.4 is 5.32 Å². The monoisotopic (exact) mass is 242 g/mol. The van der Waals surface area contributed by atoms with Gasteiger partial charge in [0.15, 0.2) is 0 Å². The Labute approximate surface area is 102 Å². The van der Waals surface area contributed by atoms with Gasteiger partial charge in [0.1, 0.15) is 0 Å². The SMILES string of the molecule is COC(=O)N1CC(CCO)CC(NC2CC2)C1. The molecule has 2 rings (SSSR count). The largest absolute Gasteiger partial charge is 0.453 e. The minimum Gasteiger partial charge on any atom is -0.453 e. The Kier molecular flexibility index (Phi) is 4.23. The van der Waals surface area contributed by atoms with Crippen molar-refractivity contribution in [3.05, 3.63) is 0 Å². The van der Waals surface area contributed by atoms with Crippen molar-refractivity contribution in [2.45, 2.75) is 37.8 Å². The second-order valence-corrected chi connectivity index (χ2v) is 5.13. The first-order valence-corrected chi connectivity index (χ1v) is 6.42. The Hall–Kier alpha value is -0.810. The van der Waals surface area contributed by atoms with Crippen LogP contribution in [0.25, 0.3) is 0 Å². The van der Waals surface area contributed by atoms with E-state index in [9.17, 15) is 4.79 Å². The highest BCUT2D eigenvalue weighted by molar-refractivity contribution is 5.67. The number of aliphatic hydroxyl groups excluding tert-OH is 1. The molecule has 0 radical (unpaired) electrons. The first-order chi connectivity index (χ1) is 8.22. The fraction of sp³-hybridized carbons (Fsp3) is 0.917. The number of aliphatic hydroxyl groups is 1. The molecule has 2 unspecified atom stereocenters. The highest BCUT2D eigenvalue weighted by Crippen LogP contribution is 2.25. The van der Waals surface area contributed by atoms with Crippen molar-refractivity contribution in [1.82, 2.24) is 10.2 Å². The van der Waals surface area contributed by atoms with Crippen molar-refractivity contribution >= 4 is 6.09 Å². The van der Waals surface area contributed by atoms with Crippen LogP contribution in [-0.2, 0) is 4.74 Å². The zero-order chi connectivity index (χ0) is 12.3. The maximum absolute atomic E-state index is 11.6. The molecule has 2 atom stereocenters. The summed E-state index contributed by atoms with van der Waals surface area (Å²) in [5.74, 6) is 0.379. The summed E-state index contributed by atoms with van der Waals surface area (Å²) < 4.78 is 4.78. The van der Waals surface area contributed by atoms with Crippen molar-refractivity contribution in [1.29, 1.82) is 0 Å². The van der Waals surface area contributed by atoms with E-state index >= 15 is 0 Å². The number of rotatable bonds is 4. The van der Waals surface area contributed by atoms with Gasteiger partial charge in [-0.2, -0.15) is 0 Å². The Morgan fingerprint density at radius 2 is 2.18 bits per heavy atom. The highest BCUT2D eigenvalue weighted by Gasteiger charge is 2.33. The molecule has 1 saturated heterocycles. The number of piperidine rings is 1. The molecule has 0 spiro atoms. The molecule has 0 aromatic rings. The summed E-state index contributed by atoms with van der Waals surface area (Å²) in [5.41, 5.74) is 0. The van der Waals surface area contributed by atoms with E-state index in [-0.39, 0.29) is 12.7 Å². The van der Waals surface area contributed by atoms with Crippen LogP contribution in [0.15, 0.2) is 0 Å². The van der Waals surface area contributed by atoms with Gasteiger partial charge in [-0.25, -0.2) is 4.79 Å². The standard InChI is InChI=1S/C12H22N2O3/c1-17-12(16)14-7-9(4-5-15)6-11(8-14)13-10-2-3-10/h9-11,13,15H,2-8H2,1H3. The summed E-state index contributed by atoms with van der Waals surface area (Å²) >= 11 is 0. The Bertz CT molecular complexity index is 268. The van der Waals surface area contributed by atoms with Gasteiger partial charge in [-0.1, -0.05) is 0 Å². The second kappa shape index (κ2) is 5.69. The fourth-order valence-electron chi connectivity index (χ4n) is 2.58. The van der Waals surface area contributed by atoms with Crippen molar-refractivity contribution in [3.8, 4) is 0 Å². The number of amides is 1. The fourth-order valence-corrected chi connectivity index (χ4v) is 2.58. The quantitative estimate of drug-likeness (QED) is 0.757. The number of ether oxygens (including phenoxy) is 1. The number of nitrogens with one attached hydrogen (secondary N) is 1. The molecular formula is C12H22N2O3. The van der Waals surface area contributed by atoms with Crippen LogP contribution in [0, 0.1) is 5.92 Å². The van der Waals surface area contributed by atoms with Gasteiger partial charge in [-0.05, 0) is 31.6 Å². The molecular weight excluding hydrogens is 220 g/mol. The Morgan fingerprint density at radius 3 is 2.76 bits per heavy atom. The first-order valence-electron chi connectivity index (χ1n) is 6.42. The van der Waals surface area contributed by atoms with Crippen LogP contribution >= 0.6 is 0 Å². The lowest BCUT2D eigenvalue weighted by atomic mass is 9.92. The van der Waals surface area contributed by atoms with Crippen molar-refractivity contribution < 1.29 is 14.6 Å². The van der Waals surface area contributed by atoms with Gasteiger partial charge in [0.25, 0.3) is 0 Å². The van der Waals surface area contributed by atoms with E-state index in [0.29, 0.717) is 24.5 Å². The number of carbonyl (C=O) groups is 1. The number of hydrogen-bond acceptors (Lipinski definition) is 4. The Balaban J connectivity index is 1.90. The zero-order valence-corrected chi connectivity index (χ0v) is 10.4. The minimum absolute atomic E-state index is 0.190. The molecule has 1 aliphatic carbocycles. The number of nitrogens with zero attached hydrogens (tertiary/aromatic N) is 1. The molecule has 98 valence electrons. The average molecular weight is 242 g/mol. The van der Waals surface area contributed by atoms with Gasteiger partial charge in [0, 0.05) is 31.8 Å². The van der Waals surface area contributed by atoms with Gasteiger partial charge in [-0.3, -0.25) is 0 Å².